The average molecular weight is 314 g/mol. The summed E-state index contributed by atoms with van der Waals surface area (Å²) >= 11 is 0. The molecule has 1 heterocycles. The van der Waals surface area contributed by atoms with Gasteiger partial charge in [0.2, 0.25) is 5.91 Å². The van der Waals surface area contributed by atoms with Crippen LogP contribution in [-0.4, -0.2) is 30.5 Å². The van der Waals surface area contributed by atoms with Crippen molar-refractivity contribution in [2.45, 2.75) is 38.5 Å². The summed E-state index contributed by atoms with van der Waals surface area (Å²) in [6.07, 6.45) is 4.93. The Kier molecular flexibility index (Phi) is 5.78. The molecule has 0 bridgehead atoms. The lowest BCUT2D eigenvalue weighted by Crippen LogP contribution is -2.48. The van der Waals surface area contributed by atoms with Crippen molar-refractivity contribution in [1.82, 2.24) is 10.6 Å². The molecular weight excluding hydrogens is 292 g/mol. The first kappa shape index (κ1) is 17.0. The van der Waals surface area contributed by atoms with Gasteiger partial charge in [-0.3, -0.25) is 9.59 Å². The average Bonchev–Trinajstić information content (AvgIpc) is 3.33. The molecule has 0 spiro atoms. The zero-order valence-corrected chi connectivity index (χ0v) is 13.4. The van der Waals surface area contributed by atoms with E-state index in [1.165, 1.54) is 0 Å². The minimum Gasteiger partial charge on any atom is -0.354 e. The lowest BCUT2D eigenvalue weighted by Gasteiger charge is -2.19. The summed E-state index contributed by atoms with van der Waals surface area (Å²) in [7, 11) is 0. The third-order valence-corrected chi connectivity index (χ3v) is 3.58. The fourth-order valence-corrected chi connectivity index (χ4v) is 2.43. The minimum atomic E-state index is -0.600. The number of rotatable bonds is 7. The number of carbonyl (C=O) groups excluding carboxylic acids is 2. The second-order valence-electron chi connectivity index (χ2n) is 6.00. The molecule has 1 aromatic carbocycles. The minimum absolute atomic E-state index is 0.149. The first-order valence-corrected chi connectivity index (χ1v) is 7.75. The van der Waals surface area contributed by atoms with Gasteiger partial charge in [0.05, 0.1) is 6.54 Å². The van der Waals surface area contributed by atoms with Crippen molar-refractivity contribution in [3.63, 3.8) is 0 Å². The van der Waals surface area contributed by atoms with Gasteiger partial charge in [-0.15, -0.1) is 6.42 Å². The zero-order chi connectivity index (χ0) is 16.8. The second kappa shape index (κ2) is 7.80. The van der Waals surface area contributed by atoms with Crippen molar-refractivity contribution < 1.29 is 14.3 Å². The largest absolute Gasteiger partial charge is 0.354 e. The van der Waals surface area contributed by atoms with Crippen LogP contribution in [0.1, 0.15) is 31.9 Å². The number of carbonyl (C=O) groups is 2. The molecule has 5 heteroatoms. The maximum Gasteiger partial charge on any atom is 0.252 e. The molecule has 3 atom stereocenters. The Hall–Kier alpha value is -2.32. The summed E-state index contributed by atoms with van der Waals surface area (Å²) in [5, 5.41) is 5.39. The number of benzene rings is 1. The van der Waals surface area contributed by atoms with E-state index >= 15 is 0 Å². The fourth-order valence-electron chi connectivity index (χ4n) is 2.43. The van der Waals surface area contributed by atoms with E-state index in [9.17, 15) is 9.59 Å². The van der Waals surface area contributed by atoms with E-state index in [-0.39, 0.29) is 30.4 Å². The molecule has 1 aliphatic rings. The van der Waals surface area contributed by atoms with Crippen LogP contribution in [0, 0.1) is 18.3 Å². The van der Waals surface area contributed by atoms with Gasteiger partial charge in [-0.25, -0.2) is 0 Å². The summed E-state index contributed by atoms with van der Waals surface area (Å²) in [5.41, 5.74) is 0.963. The van der Waals surface area contributed by atoms with Crippen LogP contribution in [0.5, 0.6) is 0 Å². The van der Waals surface area contributed by atoms with E-state index in [0.717, 1.165) is 5.56 Å². The van der Waals surface area contributed by atoms with Crippen LogP contribution >= 0.6 is 0 Å². The van der Waals surface area contributed by atoms with Gasteiger partial charge < -0.3 is 15.4 Å². The van der Waals surface area contributed by atoms with Gasteiger partial charge in [-0.2, -0.15) is 0 Å². The quantitative estimate of drug-likeness (QED) is 0.590. The molecule has 23 heavy (non-hydrogen) atoms. The van der Waals surface area contributed by atoms with E-state index in [1.807, 2.05) is 44.2 Å². The number of ether oxygens (including phenoxy) is 1. The van der Waals surface area contributed by atoms with Crippen LogP contribution in [0.2, 0.25) is 0 Å². The zero-order valence-electron chi connectivity index (χ0n) is 13.4. The molecule has 5 nitrogen and oxygen atoms in total. The maximum absolute atomic E-state index is 12.3. The normalized spacial score (nSPS) is 20.4. The van der Waals surface area contributed by atoms with Crippen molar-refractivity contribution in [3.05, 3.63) is 35.9 Å². The third kappa shape index (κ3) is 4.83. The Morgan fingerprint density at radius 2 is 2.00 bits per heavy atom. The Labute approximate surface area is 136 Å². The first-order chi connectivity index (χ1) is 11.0. The van der Waals surface area contributed by atoms with Crippen LogP contribution in [-0.2, 0) is 14.3 Å². The van der Waals surface area contributed by atoms with Crippen molar-refractivity contribution in [3.8, 4) is 12.3 Å². The Bertz CT molecular complexity index is 592. The molecule has 1 fully saturated rings. The molecule has 0 aliphatic carbocycles. The predicted octanol–water partition coefficient (Wildman–Crippen LogP) is 1.41. The lowest BCUT2D eigenvalue weighted by atomic mass is 10.0. The number of hydrogen-bond donors (Lipinski definition) is 2. The molecule has 0 aromatic heterocycles. The highest BCUT2D eigenvalue weighted by Crippen LogP contribution is 2.38. The molecule has 2 rings (SSSR count). The van der Waals surface area contributed by atoms with Crippen LogP contribution in [0.4, 0.5) is 0 Å². The molecule has 1 saturated heterocycles. The van der Waals surface area contributed by atoms with Crippen molar-refractivity contribution in [2.75, 3.05) is 6.54 Å². The molecule has 3 unspecified atom stereocenters. The second-order valence-corrected chi connectivity index (χ2v) is 6.00. The highest BCUT2D eigenvalue weighted by Gasteiger charge is 2.46. The summed E-state index contributed by atoms with van der Waals surface area (Å²) in [5.74, 6) is 2.09. The van der Waals surface area contributed by atoms with E-state index < -0.39 is 12.1 Å². The Morgan fingerprint density at radius 3 is 2.61 bits per heavy atom. The van der Waals surface area contributed by atoms with E-state index in [1.54, 1.807) is 0 Å². The monoisotopic (exact) mass is 314 g/mol. The van der Waals surface area contributed by atoms with Gasteiger partial charge in [0, 0.05) is 0 Å². The smallest absolute Gasteiger partial charge is 0.252 e. The number of hydrogen-bond acceptors (Lipinski definition) is 3. The maximum atomic E-state index is 12.3. The van der Waals surface area contributed by atoms with Crippen LogP contribution in [0.25, 0.3) is 0 Å². The van der Waals surface area contributed by atoms with E-state index in [0.29, 0.717) is 6.42 Å². The van der Waals surface area contributed by atoms with E-state index in [4.69, 9.17) is 11.2 Å². The molecule has 0 radical (unpaired) electrons. The van der Waals surface area contributed by atoms with E-state index in [2.05, 4.69) is 16.6 Å². The molecular formula is C18H22N2O3. The number of amides is 2. The highest BCUT2D eigenvalue weighted by atomic mass is 16.6. The summed E-state index contributed by atoms with van der Waals surface area (Å²) < 4.78 is 5.46. The Morgan fingerprint density at radius 1 is 1.30 bits per heavy atom. The third-order valence-electron chi connectivity index (χ3n) is 3.58. The topological polar surface area (TPSA) is 70.7 Å². The lowest BCUT2D eigenvalue weighted by molar-refractivity contribution is -0.129. The molecule has 2 amide bonds. The number of terminal acetylenes is 1. The summed E-state index contributed by atoms with van der Waals surface area (Å²) in [4.78, 5) is 24.4. The van der Waals surface area contributed by atoms with Crippen molar-refractivity contribution in [2.24, 2.45) is 5.92 Å². The standard InChI is InChI=1S/C18H22N2O3/c1-4-10-19-17(21)14(11-12(2)3)20-18(22)16-15(23-16)13-8-6-5-7-9-13/h1,5-9,12,14-16H,10-11H2,2-3H3,(H,19,21)(H,20,22). The van der Waals surface area contributed by atoms with Gasteiger partial charge in [0.15, 0.2) is 6.10 Å². The van der Waals surface area contributed by atoms with Gasteiger partial charge in [-0.05, 0) is 17.9 Å². The van der Waals surface area contributed by atoms with Crippen molar-refractivity contribution >= 4 is 11.8 Å². The predicted molar refractivity (Wildman–Crippen MR) is 87.3 cm³/mol. The molecule has 122 valence electrons. The van der Waals surface area contributed by atoms with Gasteiger partial charge >= 0.3 is 0 Å². The first-order valence-electron chi connectivity index (χ1n) is 7.75. The fraction of sp³-hybridized carbons (Fsp3) is 0.444. The van der Waals surface area contributed by atoms with Gasteiger partial charge in [0.1, 0.15) is 12.1 Å². The van der Waals surface area contributed by atoms with Gasteiger partial charge in [-0.1, -0.05) is 50.1 Å². The number of epoxide rings is 1. The summed E-state index contributed by atoms with van der Waals surface area (Å²) in [6, 6.07) is 8.96. The van der Waals surface area contributed by atoms with Crippen LogP contribution < -0.4 is 10.6 Å². The molecule has 2 N–H and O–H groups in total. The molecule has 1 aromatic rings. The van der Waals surface area contributed by atoms with Gasteiger partial charge in [0.25, 0.3) is 5.91 Å². The van der Waals surface area contributed by atoms with Crippen LogP contribution in [0.15, 0.2) is 30.3 Å². The van der Waals surface area contributed by atoms with Crippen LogP contribution in [0.3, 0.4) is 0 Å². The highest BCUT2D eigenvalue weighted by molar-refractivity contribution is 5.90. The molecule has 0 saturated carbocycles. The Balaban J connectivity index is 1.93. The summed E-state index contributed by atoms with van der Waals surface area (Å²) in [6.45, 7) is 4.14. The van der Waals surface area contributed by atoms with Crippen molar-refractivity contribution in [1.29, 1.82) is 0 Å². The molecule has 1 aliphatic heterocycles. The number of nitrogens with one attached hydrogen (secondary N) is 2. The SMILES string of the molecule is C#CCNC(=O)C(CC(C)C)NC(=O)C1OC1c1ccccc1.